The van der Waals surface area contributed by atoms with Gasteiger partial charge in [0.25, 0.3) is 0 Å². The summed E-state index contributed by atoms with van der Waals surface area (Å²) in [6.45, 7) is 6.18. The maximum atomic E-state index is 14.1. The average Bonchev–Trinajstić information content (AvgIpc) is 3.15. The second-order valence-electron chi connectivity index (χ2n) is 13.3. The third kappa shape index (κ3) is 9.92. The van der Waals surface area contributed by atoms with E-state index in [9.17, 15) is 49.5 Å². The van der Waals surface area contributed by atoms with E-state index in [0.29, 0.717) is 25.0 Å². The summed E-state index contributed by atoms with van der Waals surface area (Å²) < 4.78 is 84.5. The second kappa shape index (κ2) is 18.6. The first kappa shape index (κ1) is 45.5. The molecule has 0 aromatic heterocycles. The number of amides is 4. The van der Waals surface area contributed by atoms with Crippen molar-refractivity contribution in [1.29, 1.82) is 0 Å². The van der Waals surface area contributed by atoms with Crippen LogP contribution in [0.1, 0.15) is 26.7 Å². The van der Waals surface area contributed by atoms with E-state index in [-0.39, 0.29) is 107 Å². The third-order valence-corrected chi connectivity index (χ3v) is 13.2. The number of sulfonamides is 1. The van der Waals surface area contributed by atoms with Crippen molar-refractivity contribution in [2.45, 2.75) is 47.4 Å². The van der Waals surface area contributed by atoms with Crippen LogP contribution in [-0.4, -0.2) is 120 Å². The van der Waals surface area contributed by atoms with E-state index in [1.54, 1.807) is 13.8 Å². The van der Waals surface area contributed by atoms with Gasteiger partial charge in [0, 0.05) is 99.8 Å². The standard InChI is InChI=1S/C36H42N5O12S3.Mo/c1-5-26(36(46)38-12-6-11-37-35(45)21(2)3)39-31(43)19-53-20-32(44)40-13-15-41(16-14-40)56(51,52)30-17-27(42)22-7-8-23-28(54(47)48)18-29(55(4,49)50)24-9-10-25(30)33(22)34(23)24;/h7-10,17-18,26,42H,2,5-6,11-16,19-20H2,1,3-4H3,(H,37,45)(H,38,46)(H,39,43);/q-1;. The van der Waals surface area contributed by atoms with Crippen LogP contribution in [0, 0.1) is 0 Å². The molecule has 1 aliphatic heterocycles. The number of sulfone groups is 1. The monoisotopic (exact) mass is 930 g/mol. The number of ether oxygens (including phenoxy) is 1. The van der Waals surface area contributed by atoms with Crippen molar-refractivity contribution in [3.63, 3.8) is 0 Å². The number of hydrogen-bond donors (Lipinski definition) is 4. The van der Waals surface area contributed by atoms with E-state index >= 15 is 0 Å². The summed E-state index contributed by atoms with van der Waals surface area (Å²) in [5, 5.41) is 20.0. The Hall–Kier alpha value is -4.20. The number of nitrogens with zero attached hydrogens (tertiary/aromatic N) is 2. The molecule has 1 atom stereocenters. The number of phenols is 1. The molecular weight excluding hydrogens is 887 g/mol. The number of phenolic OH excluding ortho intramolecular Hbond substituents is 1. The average molecular weight is 929 g/mol. The minimum atomic E-state index is -4.33. The molecule has 17 nitrogen and oxygen atoms in total. The van der Waals surface area contributed by atoms with Gasteiger partial charge < -0.3 is 39.1 Å². The van der Waals surface area contributed by atoms with Gasteiger partial charge in [0.05, 0.1) is 9.79 Å². The predicted octanol–water partition coefficient (Wildman–Crippen LogP) is 1.30. The molecule has 1 fully saturated rings. The van der Waals surface area contributed by atoms with Crippen LogP contribution in [0.3, 0.4) is 0 Å². The van der Waals surface area contributed by atoms with Gasteiger partial charge in [-0.05, 0) is 41.2 Å². The van der Waals surface area contributed by atoms with E-state index in [2.05, 4.69) is 22.5 Å². The van der Waals surface area contributed by atoms with Gasteiger partial charge in [0.1, 0.15) is 25.0 Å². The molecule has 1 heterocycles. The molecule has 0 radical (unpaired) electrons. The first-order valence-electron chi connectivity index (χ1n) is 17.5. The van der Waals surface area contributed by atoms with Gasteiger partial charge in [-0.2, -0.15) is 4.31 Å². The number of carbonyl (C=O) groups excluding carboxylic acids is 4. The Labute approximate surface area is 345 Å². The van der Waals surface area contributed by atoms with Gasteiger partial charge in [0.15, 0.2) is 9.84 Å². The number of benzene rings is 4. The summed E-state index contributed by atoms with van der Waals surface area (Å²) in [7, 11) is -11.1. The zero-order chi connectivity index (χ0) is 41.1. The predicted molar refractivity (Wildman–Crippen MR) is 206 cm³/mol. The topological polar surface area (TPSA) is 243 Å². The van der Waals surface area contributed by atoms with E-state index in [4.69, 9.17) is 4.74 Å². The summed E-state index contributed by atoms with van der Waals surface area (Å²) in [5.74, 6) is -2.22. The van der Waals surface area contributed by atoms with E-state index < -0.39 is 73.3 Å². The van der Waals surface area contributed by atoms with Crippen LogP contribution in [-0.2, 0) is 84.0 Å². The second-order valence-corrected chi connectivity index (χ2v) is 18.1. The summed E-state index contributed by atoms with van der Waals surface area (Å²) in [6, 6.07) is 7.03. The Kier molecular flexibility index (Phi) is 14.8. The fourth-order valence-electron chi connectivity index (χ4n) is 6.54. The molecule has 0 saturated carbocycles. The molecule has 1 saturated heterocycles. The molecule has 21 heteroatoms. The molecule has 308 valence electrons. The van der Waals surface area contributed by atoms with Crippen molar-refractivity contribution in [3.05, 3.63) is 48.6 Å². The number of piperazine rings is 1. The molecule has 5 rings (SSSR count). The molecule has 4 amide bonds. The molecule has 1 aliphatic rings. The first-order chi connectivity index (χ1) is 26.4. The largest absolute Gasteiger partial charge is 0.507 e. The number of rotatable bonds is 16. The summed E-state index contributed by atoms with van der Waals surface area (Å²) in [5.41, 5.74) is 0.372. The molecule has 0 aliphatic carbocycles. The van der Waals surface area contributed by atoms with Crippen LogP contribution < -0.4 is 16.0 Å². The minimum absolute atomic E-state index is 0. The Morgan fingerprint density at radius 2 is 1.46 bits per heavy atom. The van der Waals surface area contributed by atoms with Gasteiger partial charge in [-0.1, -0.05) is 48.7 Å². The SMILES string of the molecule is C=C(C)C(=O)NCCCNC(=O)C(CC)NC(=O)COCC(=O)N1CCN(S(=O)(=O)c2cc(O)c3ccc4c([S-](=O)=O)cc(S(C)(=O)=O)c5ccc2c3c45)CC1.[Mo]. The summed E-state index contributed by atoms with van der Waals surface area (Å²) >= 11 is 0. The summed E-state index contributed by atoms with van der Waals surface area (Å²) in [6.07, 6.45) is 1.69. The third-order valence-electron chi connectivity index (χ3n) is 9.40. The number of aromatic hydroxyl groups is 1. The zero-order valence-electron chi connectivity index (χ0n) is 31.3. The van der Waals surface area contributed by atoms with Crippen molar-refractivity contribution in [3.8, 4) is 5.75 Å². The number of carbonyl (C=O) groups is 4. The van der Waals surface area contributed by atoms with E-state index in [1.807, 2.05) is 0 Å². The van der Waals surface area contributed by atoms with Gasteiger partial charge in [-0.25, -0.2) is 16.8 Å². The fraction of sp³-hybridized carbons (Fsp3) is 0.389. The quantitative estimate of drug-likeness (QED) is 0.0409. The smallest absolute Gasteiger partial charge is 0.248 e. The molecular formula is C36H42MoN5O12S3-. The first-order valence-corrected chi connectivity index (χ1v) is 21.9. The molecule has 4 N–H and O–H groups in total. The van der Waals surface area contributed by atoms with Crippen molar-refractivity contribution in [1.82, 2.24) is 25.2 Å². The molecule has 1 unspecified atom stereocenters. The van der Waals surface area contributed by atoms with Crippen LogP contribution in [0.5, 0.6) is 5.75 Å². The minimum Gasteiger partial charge on any atom is -0.507 e. The Morgan fingerprint density at radius 3 is 2.05 bits per heavy atom. The maximum Gasteiger partial charge on any atom is 0.248 e. The zero-order valence-corrected chi connectivity index (χ0v) is 35.7. The van der Waals surface area contributed by atoms with Crippen LogP contribution in [0.25, 0.3) is 32.3 Å². The van der Waals surface area contributed by atoms with E-state index in [0.717, 1.165) is 22.7 Å². The normalized spacial score (nSPS) is 14.4. The van der Waals surface area contributed by atoms with Crippen LogP contribution in [0.2, 0.25) is 0 Å². The van der Waals surface area contributed by atoms with Crippen molar-refractivity contribution < 1.29 is 75.3 Å². The number of hydrogen-bond acceptors (Lipinski definition) is 13. The Bertz CT molecular complexity index is 2530. The number of nitrogens with one attached hydrogen (secondary N) is 3. The van der Waals surface area contributed by atoms with Crippen molar-refractivity contribution in [2.75, 3.05) is 58.7 Å². The fourth-order valence-corrected chi connectivity index (χ4v) is 9.71. The molecule has 57 heavy (non-hydrogen) atoms. The van der Waals surface area contributed by atoms with Gasteiger partial charge in [-0.15, -0.1) is 0 Å². The molecule has 4 aromatic rings. The van der Waals surface area contributed by atoms with Gasteiger partial charge in [-0.3, -0.25) is 19.2 Å². The Balaban J connectivity index is 0.00000720. The summed E-state index contributed by atoms with van der Waals surface area (Å²) in [4.78, 5) is 50.0. The van der Waals surface area contributed by atoms with E-state index in [1.165, 1.54) is 29.2 Å². The molecule has 4 aromatic carbocycles. The van der Waals surface area contributed by atoms with Crippen LogP contribution in [0.4, 0.5) is 0 Å². The molecule has 0 bridgehead atoms. The van der Waals surface area contributed by atoms with Crippen molar-refractivity contribution in [2.24, 2.45) is 0 Å². The molecule has 0 spiro atoms. The van der Waals surface area contributed by atoms with Crippen molar-refractivity contribution >= 4 is 86.5 Å². The van der Waals surface area contributed by atoms with Gasteiger partial charge >= 0.3 is 0 Å². The van der Waals surface area contributed by atoms with Gasteiger partial charge in [0.2, 0.25) is 33.7 Å². The maximum absolute atomic E-state index is 14.1. The Morgan fingerprint density at radius 1 is 0.877 bits per heavy atom. The van der Waals surface area contributed by atoms with Crippen LogP contribution >= 0.6 is 0 Å². The van der Waals surface area contributed by atoms with Crippen LogP contribution in [0.15, 0.2) is 63.2 Å².